The van der Waals surface area contributed by atoms with Crippen LogP contribution in [0.2, 0.25) is 5.02 Å². The summed E-state index contributed by atoms with van der Waals surface area (Å²) in [4.78, 5) is 54.5. The Balaban J connectivity index is 1.27. The van der Waals surface area contributed by atoms with Crippen molar-refractivity contribution < 1.29 is 23.9 Å². The minimum atomic E-state index is -0.617. The summed E-state index contributed by atoms with van der Waals surface area (Å²) >= 11 is 6.46. The number of hydrogen-bond donors (Lipinski definition) is 2. The van der Waals surface area contributed by atoms with Gasteiger partial charge in [0.1, 0.15) is 13.2 Å². The third kappa shape index (κ3) is 9.51. The lowest BCUT2D eigenvalue weighted by molar-refractivity contribution is -0.140. The molecule has 2 aliphatic heterocycles. The molecule has 0 spiro atoms. The van der Waals surface area contributed by atoms with Crippen LogP contribution in [0, 0.1) is 18.8 Å². The quantitative estimate of drug-likeness (QED) is 0.351. The number of carbonyl (C=O) groups excluding carboxylic acids is 4. The first-order valence-corrected chi connectivity index (χ1v) is 15.8. The van der Waals surface area contributed by atoms with E-state index in [0.717, 1.165) is 56.6 Å². The fraction of sp³-hybridized carbons (Fsp3) is 0.515. The molecule has 2 fully saturated rings. The number of rotatable bonds is 13. The second-order valence-corrected chi connectivity index (χ2v) is 12.3. The van der Waals surface area contributed by atoms with E-state index in [4.69, 9.17) is 27.8 Å². The van der Waals surface area contributed by atoms with E-state index in [2.05, 4.69) is 4.90 Å². The zero-order valence-electron chi connectivity index (χ0n) is 25.5. The Hall–Kier alpha value is -3.47. The predicted octanol–water partition coefficient (Wildman–Crippen LogP) is 3.17. The molecule has 0 aromatic heterocycles. The van der Waals surface area contributed by atoms with Gasteiger partial charge in [-0.3, -0.25) is 19.2 Å². The maximum Gasteiger partial charge on any atom is 0.248 e. The molecule has 10 nitrogen and oxygen atoms in total. The largest absolute Gasteiger partial charge is 0.368 e. The third-order valence-electron chi connectivity index (χ3n) is 8.73. The second kappa shape index (κ2) is 16.0. The molecule has 0 saturated carbocycles. The number of primary amides is 2. The van der Waals surface area contributed by atoms with Crippen molar-refractivity contribution in [3.8, 4) is 0 Å². The molecule has 2 aromatic carbocycles. The van der Waals surface area contributed by atoms with Crippen molar-refractivity contribution in [1.29, 1.82) is 0 Å². The number of piperidine rings is 2. The summed E-state index contributed by atoms with van der Waals surface area (Å²) < 4.78 is 5.07. The standard InChI is InChI=1S/C33H44ClN5O5/c1-23-3-8-28(20-29(23)34)39(33(43)27-11-17-38(18-12-27)31(41)22-44-21-30(35)40)14-2-13-37-15-9-25(10-16-37)19-24-4-6-26(7-5-24)32(36)42/h3-8,20,25,27H,2,9-19,21-22H2,1H3,(H2,35,40)(H2,36,42). The summed E-state index contributed by atoms with van der Waals surface area (Å²) in [6.07, 6.45) is 5.18. The maximum atomic E-state index is 13.8. The molecule has 0 aliphatic carbocycles. The van der Waals surface area contributed by atoms with E-state index in [0.29, 0.717) is 49.0 Å². The van der Waals surface area contributed by atoms with Crippen LogP contribution in [-0.2, 0) is 25.5 Å². The number of carbonyl (C=O) groups is 4. The van der Waals surface area contributed by atoms with Gasteiger partial charge in [-0.1, -0.05) is 29.8 Å². The highest BCUT2D eigenvalue weighted by Gasteiger charge is 2.31. The van der Waals surface area contributed by atoms with Crippen LogP contribution < -0.4 is 16.4 Å². The first kappa shape index (κ1) is 33.4. The smallest absolute Gasteiger partial charge is 0.248 e. The van der Waals surface area contributed by atoms with Gasteiger partial charge in [-0.2, -0.15) is 0 Å². The first-order chi connectivity index (χ1) is 21.1. The van der Waals surface area contributed by atoms with Crippen molar-refractivity contribution >= 4 is 40.9 Å². The van der Waals surface area contributed by atoms with E-state index >= 15 is 0 Å². The van der Waals surface area contributed by atoms with Gasteiger partial charge in [0.05, 0.1) is 0 Å². The first-order valence-electron chi connectivity index (χ1n) is 15.4. The number of benzene rings is 2. The topological polar surface area (TPSA) is 139 Å². The summed E-state index contributed by atoms with van der Waals surface area (Å²) in [6, 6.07) is 13.4. The van der Waals surface area contributed by atoms with Crippen molar-refractivity contribution in [1.82, 2.24) is 9.80 Å². The summed E-state index contributed by atoms with van der Waals surface area (Å²) in [7, 11) is 0. The van der Waals surface area contributed by atoms with E-state index in [1.165, 1.54) is 5.56 Å². The highest BCUT2D eigenvalue weighted by Crippen LogP contribution is 2.28. The summed E-state index contributed by atoms with van der Waals surface area (Å²) in [5, 5.41) is 0.628. The van der Waals surface area contributed by atoms with Crippen LogP contribution in [0.15, 0.2) is 42.5 Å². The molecule has 0 atom stereocenters. The van der Waals surface area contributed by atoms with Crippen LogP contribution in [0.3, 0.4) is 0 Å². The Morgan fingerprint density at radius 2 is 1.61 bits per heavy atom. The molecule has 4 rings (SSSR count). The zero-order chi connectivity index (χ0) is 31.6. The van der Waals surface area contributed by atoms with Crippen LogP contribution in [0.1, 0.15) is 53.6 Å². The van der Waals surface area contributed by atoms with E-state index in [1.54, 1.807) is 17.0 Å². The fourth-order valence-corrected chi connectivity index (χ4v) is 6.22. The summed E-state index contributed by atoms with van der Waals surface area (Å²) in [5.41, 5.74) is 13.9. The monoisotopic (exact) mass is 625 g/mol. The fourth-order valence-electron chi connectivity index (χ4n) is 6.05. The predicted molar refractivity (Wildman–Crippen MR) is 170 cm³/mol. The Labute approximate surface area is 264 Å². The van der Waals surface area contributed by atoms with E-state index in [9.17, 15) is 19.2 Å². The van der Waals surface area contributed by atoms with Crippen LogP contribution >= 0.6 is 11.6 Å². The average Bonchev–Trinajstić information content (AvgIpc) is 3.01. The van der Waals surface area contributed by atoms with E-state index < -0.39 is 11.8 Å². The van der Waals surface area contributed by atoms with E-state index in [-0.39, 0.29) is 30.9 Å². The number of halogens is 1. The Kier molecular flexibility index (Phi) is 12.2. The van der Waals surface area contributed by atoms with Gasteiger partial charge in [0.15, 0.2) is 0 Å². The van der Waals surface area contributed by atoms with E-state index in [1.807, 2.05) is 42.2 Å². The van der Waals surface area contributed by atoms with Gasteiger partial charge in [0, 0.05) is 41.8 Å². The molecule has 4 amide bonds. The number of hydrogen-bond acceptors (Lipinski definition) is 6. The molecule has 2 saturated heterocycles. The van der Waals surface area contributed by atoms with Gasteiger partial charge in [0.2, 0.25) is 23.6 Å². The molecule has 2 aromatic rings. The van der Waals surface area contributed by atoms with Crippen molar-refractivity contribution in [2.24, 2.45) is 23.3 Å². The number of nitrogens with zero attached hydrogens (tertiary/aromatic N) is 3. The number of ether oxygens (including phenoxy) is 1. The molecule has 0 bridgehead atoms. The lowest BCUT2D eigenvalue weighted by Gasteiger charge is -2.35. The number of amides is 4. The maximum absolute atomic E-state index is 13.8. The lowest BCUT2D eigenvalue weighted by Crippen LogP contribution is -2.46. The molecule has 0 radical (unpaired) electrons. The normalized spacial score (nSPS) is 16.5. The minimum Gasteiger partial charge on any atom is -0.368 e. The van der Waals surface area contributed by atoms with Gasteiger partial charge in [-0.25, -0.2) is 0 Å². The Bertz CT molecular complexity index is 1300. The van der Waals surface area contributed by atoms with Crippen molar-refractivity contribution in [3.63, 3.8) is 0 Å². The van der Waals surface area contributed by atoms with Crippen molar-refractivity contribution in [2.45, 2.75) is 45.4 Å². The number of anilines is 1. The highest BCUT2D eigenvalue weighted by atomic mass is 35.5. The molecule has 44 heavy (non-hydrogen) atoms. The number of nitrogens with two attached hydrogens (primary N) is 2. The third-order valence-corrected chi connectivity index (χ3v) is 9.13. The SMILES string of the molecule is Cc1ccc(N(CCCN2CCC(Cc3ccc(C(N)=O)cc3)CC2)C(=O)C2CCN(C(=O)COCC(N)=O)CC2)cc1Cl. The van der Waals surface area contributed by atoms with Gasteiger partial charge >= 0.3 is 0 Å². The van der Waals surface area contributed by atoms with Crippen LogP contribution in [0.5, 0.6) is 0 Å². The zero-order valence-corrected chi connectivity index (χ0v) is 26.3. The van der Waals surface area contributed by atoms with Crippen LogP contribution in [-0.4, -0.2) is 85.9 Å². The lowest BCUT2D eigenvalue weighted by atomic mass is 9.90. The molecule has 4 N–H and O–H groups in total. The van der Waals surface area contributed by atoms with Gasteiger partial charge in [0.25, 0.3) is 0 Å². The minimum absolute atomic E-state index is 0.0584. The molecular weight excluding hydrogens is 582 g/mol. The molecule has 2 aliphatic rings. The number of likely N-dealkylation sites (tertiary alicyclic amines) is 2. The summed E-state index contributed by atoms with van der Waals surface area (Å²) in [6.45, 7) is 5.90. The molecular formula is C33H44ClN5O5. The van der Waals surface area contributed by atoms with Crippen molar-refractivity contribution in [3.05, 3.63) is 64.2 Å². The summed E-state index contributed by atoms with van der Waals surface area (Å²) in [5.74, 6) is -0.761. The van der Waals surface area contributed by atoms with Gasteiger partial charge in [-0.15, -0.1) is 0 Å². The van der Waals surface area contributed by atoms with Gasteiger partial charge < -0.3 is 30.9 Å². The average molecular weight is 626 g/mol. The second-order valence-electron chi connectivity index (χ2n) is 11.9. The molecule has 11 heteroatoms. The van der Waals surface area contributed by atoms with Crippen LogP contribution in [0.4, 0.5) is 5.69 Å². The Morgan fingerprint density at radius 1 is 0.932 bits per heavy atom. The molecule has 238 valence electrons. The Morgan fingerprint density at radius 3 is 2.23 bits per heavy atom. The highest BCUT2D eigenvalue weighted by molar-refractivity contribution is 6.31. The molecule has 2 heterocycles. The van der Waals surface area contributed by atoms with Crippen LogP contribution in [0.25, 0.3) is 0 Å². The van der Waals surface area contributed by atoms with Gasteiger partial charge in [-0.05, 0) is 106 Å². The van der Waals surface area contributed by atoms with Crippen molar-refractivity contribution in [2.75, 3.05) is 57.4 Å². The molecule has 0 unspecified atom stereocenters. The number of aryl methyl sites for hydroxylation is 1.